The third kappa shape index (κ3) is 3.52. The van der Waals surface area contributed by atoms with E-state index in [0.717, 1.165) is 25.1 Å². The van der Waals surface area contributed by atoms with E-state index in [1.807, 2.05) is 18.7 Å². The van der Waals surface area contributed by atoms with Gasteiger partial charge in [-0.25, -0.2) is 4.79 Å². The standard InChI is InChI=1S/C12H22N2O2S/c1-9-4-5-14(7-11(9)15)12(16)13-10-3-2-6-17-8-10/h9-11,15H,2-8H2,1H3,(H,13,16). The molecule has 2 heterocycles. The van der Waals surface area contributed by atoms with Crippen molar-refractivity contribution in [3.63, 3.8) is 0 Å². The fourth-order valence-electron chi connectivity index (χ4n) is 2.35. The molecule has 2 amide bonds. The molecule has 0 aromatic heterocycles. The molecule has 98 valence electrons. The summed E-state index contributed by atoms with van der Waals surface area (Å²) in [6.45, 7) is 3.29. The van der Waals surface area contributed by atoms with Crippen molar-refractivity contribution in [3.8, 4) is 0 Å². The maximum atomic E-state index is 12.0. The Morgan fingerprint density at radius 2 is 2.29 bits per heavy atom. The minimum atomic E-state index is -0.366. The highest BCUT2D eigenvalue weighted by atomic mass is 32.2. The minimum absolute atomic E-state index is 0.00319. The molecule has 5 heteroatoms. The summed E-state index contributed by atoms with van der Waals surface area (Å²) in [5, 5.41) is 12.9. The van der Waals surface area contributed by atoms with Crippen LogP contribution < -0.4 is 5.32 Å². The zero-order chi connectivity index (χ0) is 12.3. The average Bonchev–Trinajstić information content (AvgIpc) is 2.34. The molecular formula is C12H22N2O2S. The van der Waals surface area contributed by atoms with Gasteiger partial charge in [0.1, 0.15) is 0 Å². The van der Waals surface area contributed by atoms with Crippen molar-refractivity contribution in [1.82, 2.24) is 10.2 Å². The number of aliphatic hydroxyl groups excluding tert-OH is 1. The van der Waals surface area contributed by atoms with Gasteiger partial charge in [0.05, 0.1) is 6.10 Å². The number of nitrogens with zero attached hydrogens (tertiary/aromatic N) is 1. The molecule has 0 aliphatic carbocycles. The Balaban J connectivity index is 1.79. The summed E-state index contributed by atoms with van der Waals surface area (Å²) in [6.07, 6.45) is 2.81. The Morgan fingerprint density at radius 3 is 2.94 bits per heavy atom. The van der Waals surface area contributed by atoms with Crippen LogP contribution in [0.1, 0.15) is 26.2 Å². The number of β-amino-alcohol motifs (C(OH)–C–C–N with tert-alkyl or cyclic N) is 1. The van der Waals surface area contributed by atoms with Crippen molar-refractivity contribution in [2.75, 3.05) is 24.6 Å². The van der Waals surface area contributed by atoms with Gasteiger partial charge in [-0.1, -0.05) is 6.92 Å². The minimum Gasteiger partial charge on any atom is -0.391 e. The van der Waals surface area contributed by atoms with Crippen LogP contribution in [0, 0.1) is 5.92 Å². The molecule has 2 fully saturated rings. The van der Waals surface area contributed by atoms with Gasteiger partial charge in [0, 0.05) is 24.9 Å². The zero-order valence-corrected chi connectivity index (χ0v) is 11.2. The molecule has 3 atom stereocenters. The zero-order valence-electron chi connectivity index (χ0n) is 10.4. The number of amides is 2. The van der Waals surface area contributed by atoms with Gasteiger partial charge >= 0.3 is 6.03 Å². The Morgan fingerprint density at radius 1 is 1.47 bits per heavy atom. The summed E-state index contributed by atoms with van der Waals surface area (Å²) in [4.78, 5) is 13.8. The highest BCUT2D eigenvalue weighted by molar-refractivity contribution is 7.99. The molecule has 0 spiro atoms. The van der Waals surface area contributed by atoms with Gasteiger partial charge < -0.3 is 15.3 Å². The number of carbonyl (C=O) groups is 1. The van der Waals surface area contributed by atoms with Crippen molar-refractivity contribution < 1.29 is 9.90 Å². The second kappa shape index (κ2) is 5.96. The van der Waals surface area contributed by atoms with Gasteiger partial charge in [0.15, 0.2) is 0 Å². The van der Waals surface area contributed by atoms with Crippen LogP contribution in [-0.2, 0) is 0 Å². The Hall–Kier alpha value is -0.420. The van der Waals surface area contributed by atoms with Crippen LogP contribution in [0.25, 0.3) is 0 Å². The first kappa shape index (κ1) is 13.0. The van der Waals surface area contributed by atoms with Crippen LogP contribution in [-0.4, -0.2) is 52.8 Å². The number of nitrogens with one attached hydrogen (secondary N) is 1. The lowest BCUT2D eigenvalue weighted by Crippen LogP contribution is -2.52. The molecule has 0 aromatic carbocycles. The number of thioether (sulfide) groups is 1. The molecule has 2 aliphatic heterocycles. The third-order valence-electron chi connectivity index (χ3n) is 3.69. The molecule has 2 N–H and O–H groups in total. The van der Waals surface area contributed by atoms with Crippen LogP contribution in [0.2, 0.25) is 0 Å². The second-order valence-electron chi connectivity index (χ2n) is 5.14. The average molecular weight is 258 g/mol. The number of aliphatic hydroxyl groups is 1. The molecule has 0 aromatic rings. The SMILES string of the molecule is CC1CCN(C(=O)NC2CCCSC2)CC1O. The van der Waals surface area contributed by atoms with Gasteiger partial charge in [0.25, 0.3) is 0 Å². The first-order chi connectivity index (χ1) is 8.16. The lowest BCUT2D eigenvalue weighted by Gasteiger charge is -2.35. The first-order valence-electron chi connectivity index (χ1n) is 6.48. The molecule has 0 radical (unpaired) electrons. The molecule has 2 saturated heterocycles. The van der Waals surface area contributed by atoms with Gasteiger partial charge in [-0.15, -0.1) is 0 Å². The van der Waals surface area contributed by atoms with Crippen LogP contribution in [0.5, 0.6) is 0 Å². The van der Waals surface area contributed by atoms with Gasteiger partial charge in [-0.2, -0.15) is 11.8 Å². The van der Waals surface area contributed by atoms with Crippen LogP contribution in [0.3, 0.4) is 0 Å². The topological polar surface area (TPSA) is 52.6 Å². The quantitative estimate of drug-likeness (QED) is 0.745. The van der Waals surface area contributed by atoms with E-state index in [9.17, 15) is 9.90 Å². The number of hydrogen-bond donors (Lipinski definition) is 2. The molecular weight excluding hydrogens is 236 g/mol. The van der Waals surface area contributed by atoms with Crippen LogP contribution in [0.15, 0.2) is 0 Å². The summed E-state index contributed by atoms with van der Waals surface area (Å²) >= 11 is 1.91. The van der Waals surface area contributed by atoms with Gasteiger partial charge in [-0.05, 0) is 30.9 Å². The van der Waals surface area contributed by atoms with E-state index >= 15 is 0 Å². The monoisotopic (exact) mass is 258 g/mol. The number of likely N-dealkylation sites (tertiary alicyclic amines) is 1. The van der Waals surface area contributed by atoms with E-state index in [0.29, 0.717) is 18.5 Å². The maximum Gasteiger partial charge on any atom is 0.317 e. The number of piperidine rings is 1. The lowest BCUT2D eigenvalue weighted by atomic mass is 9.96. The molecule has 0 saturated carbocycles. The van der Waals surface area contributed by atoms with Crippen LogP contribution >= 0.6 is 11.8 Å². The Bertz CT molecular complexity index is 269. The normalized spacial score (nSPS) is 34.5. The molecule has 2 rings (SSSR count). The summed E-state index contributed by atoms with van der Waals surface area (Å²) in [5.74, 6) is 2.55. The third-order valence-corrected chi connectivity index (χ3v) is 4.91. The number of rotatable bonds is 1. The Labute approximate surface area is 107 Å². The van der Waals surface area contributed by atoms with Gasteiger partial charge in [0.2, 0.25) is 0 Å². The molecule has 3 unspecified atom stereocenters. The fourth-order valence-corrected chi connectivity index (χ4v) is 3.43. The summed E-state index contributed by atoms with van der Waals surface area (Å²) in [5.41, 5.74) is 0. The summed E-state index contributed by atoms with van der Waals surface area (Å²) < 4.78 is 0. The summed E-state index contributed by atoms with van der Waals surface area (Å²) in [7, 11) is 0. The van der Waals surface area contributed by atoms with E-state index < -0.39 is 0 Å². The van der Waals surface area contributed by atoms with Crippen LogP contribution in [0.4, 0.5) is 4.79 Å². The van der Waals surface area contributed by atoms with Gasteiger partial charge in [-0.3, -0.25) is 0 Å². The summed E-state index contributed by atoms with van der Waals surface area (Å²) in [6, 6.07) is 0.321. The van der Waals surface area contributed by atoms with Crippen molar-refractivity contribution in [1.29, 1.82) is 0 Å². The highest BCUT2D eigenvalue weighted by Crippen LogP contribution is 2.19. The molecule has 0 bridgehead atoms. The Kier molecular flexibility index (Phi) is 4.56. The molecule has 4 nitrogen and oxygen atoms in total. The smallest absolute Gasteiger partial charge is 0.317 e. The maximum absolute atomic E-state index is 12.0. The van der Waals surface area contributed by atoms with E-state index in [1.165, 1.54) is 12.2 Å². The molecule has 17 heavy (non-hydrogen) atoms. The predicted octanol–water partition coefficient (Wildman–Crippen LogP) is 1.29. The first-order valence-corrected chi connectivity index (χ1v) is 7.63. The number of hydrogen-bond acceptors (Lipinski definition) is 3. The largest absolute Gasteiger partial charge is 0.391 e. The van der Waals surface area contributed by atoms with E-state index in [-0.39, 0.29) is 12.1 Å². The number of urea groups is 1. The van der Waals surface area contributed by atoms with Crippen molar-refractivity contribution in [2.45, 2.75) is 38.3 Å². The number of carbonyl (C=O) groups excluding carboxylic acids is 1. The van der Waals surface area contributed by atoms with E-state index in [4.69, 9.17) is 0 Å². The van der Waals surface area contributed by atoms with E-state index in [2.05, 4.69) is 5.32 Å². The lowest BCUT2D eigenvalue weighted by molar-refractivity contribution is 0.0430. The van der Waals surface area contributed by atoms with Crippen molar-refractivity contribution in [2.24, 2.45) is 5.92 Å². The fraction of sp³-hybridized carbons (Fsp3) is 0.917. The van der Waals surface area contributed by atoms with Crippen molar-refractivity contribution >= 4 is 17.8 Å². The van der Waals surface area contributed by atoms with E-state index in [1.54, 1.807) is 4.90 Å². The highest BCUT2D eigenvalue weighted by Gasteiger charge is 2.28. The second-order valence-corrected chi connectivity index (χ2v) is 6.29. The predicted molar refractivity (Wildman–Crippen MR) is 70.2 cm³/mol. The molecule has 2 aliphatic rings. The van der Waals surface area contributed by atoms with Crippen molar-refractivity contribution in [3.05, 3.63) is 0 Å².